The molecule has 194 valence electrons. The largest absolute Gasteiger partial charge is 0.481 e. The van der Waals surface area contributed by atoms with E-state index in [0.717, 1.165) is 12.8 Å². The maximum Gasteiger partial charge on any atom is 0.307 e. The molecule has 0 amide bonds. The zero-order valence-electron chi connectivity index (χ0n) is 21.7. The molecule has 0 saturated carbocycles. The van der Waals surface area contributed by atoms with Crippen LogP contribution in [0, 0.1) is 5.92 Å². The van der Waals surface area contributed by atoms with Crippen LogP contribution in [0.25, 0.3) is 0 Å². The Labute approximate surface area is 204 Å². The molecule has 0 bridgehead atoms. The average Bonchev–Trinajstić information content (AvgIpc) is 2.78. The minimum absolute atomic E-state index is 0.306. The molecule has 0 aliphatic rings. The maximum atomic E-state index is 11.0. The number of aliphatic carboxylic acids is 2. The van der Waals surface area contributed by atoms with Crippen molar-refractivity contribution in [1.82, 2.24) is 0 Å². The Morgan fingerprint density at radius 2 is 0.939 bits per heavy atom. The fourth-order valence-electron chi connectivity index (χ4n) is 4.38. The van der Waals surface area contributed by atoms with Crippen molar-refractivity contribution in [1.29, 1.82) is 0 Å². The van der Waals surface area contributed by atoms with Crippen LogP contribution in [0.15, 0.2) is 12.2 Å². The van der Waals surface area contributed by atoms with Gasteiger partial charge in [0.2, 0.25) is 0 Å². The molecule has 1 atom stereocenters. The summed E-state index contributed by atoms with van der Waals surface area (Å²) in [4.78, 5) is 21.6. The molecule has 2 N–H and O–H groups in total. The Kier molecular flexibility index (Phi) is 24.3. The highest BCUT2D eigenvalue weighted by atomic mass is 16.4. The first kappa shape index (κ1) is 31.7. The van der Waals surface area contributed by atoms with Crippen LogP contribution in [-0.2, 0) is 9.59 Å². The summed E-state index contributed by atoms with van der Waals surface area (Å²) in [6.45, 7) is 2.28. The molecule has 1 unspecified atom stereocenters. The molecule has 0 fully saturated rings. The summed E-state index contributed by atoms with van der Waals surface area (Å²) < 4.78 is 0. The molecule has 0 aromatic heterocycles. The molecule has 0 aromatic rings. The van der Waals surface area contributed by atoms with Crippen LogP contribution in [0.3, 0.4) is 0 Å². The highest BCUT2D eigenvalue weighted by molar-refractivity contribution is 5.77. The number of rotatable bonds is 26. The van der Waals surface area contributed by atoms with E-state index in [1.54, 1.807) is 0 Å². The van der Waals surface area contributed by atoms with Gasteiger partial charge in [0.05, 0.1) is 12.3 Å². The molecule has 4 nitrogen and oxygen atoms in total. The van der Waals surface area contributed by atoms with E-state index in [9.17, 15) is 9.59 Å². The Morgan fingerprint density at radius 3 is 1.27 bits per heavy atom. The number of unbranched alkanes of at least 4 members (excludes halogenated alkanes) is 20. The van der Waals surface area contributed by atoms with Crippen molar-refractivity contribution in [3.63, 3.8) is 0 Å². The number of hydrogen-bond acceptors (Lipinski definition) is 2. The van der Waals surface area contributed by atoms with E-state index < -0.39 is 17.9 Å². The molecule has 4 heteroatoms. The Hall–Kier alpha value is -1.32. The maximum absolute atomic E-state index is 11.0. The lowest BCUT2D eigenvalue weighted by Crippen LogP contribution is -2.16. The van der Waals surface area contributed by atoms with E-state index in [2.05, 4.69) is 6.92 Å². The summed E-state index contributed by atoms with van der Waals surface area (Å²) >= 11 is 0. The molecule has 0 saturated heterocycles. The number of hydrogen-bond donors (Lipinski definition) is 2. The Balaban J connectivity index is 3.25. The van der Waals surface area contributed by atoms with Crippen LogP contribution in [0.1, 0.15) is 155 Å². The van der Waals surface area contributed by atoms with Gasteiger partial charge in [0, 0.05) is 0 Å². The predicted octanol–water partition coefficient (Wildman–Crippen LogP) is 9.32. The molecule has 0 aliphatic heterocycles. The lowest BCUT2D eigenvalue weighted by molar-refractivity contribution is -0.148. The van der Waals surface area contributed by atoms with Crippen LogP contribution < -0.4 is 0 Å². The third-order valence-electron chi connectivity index (χ3n) is 6.58. The number of carboxylic acids is 2. The summed E-state index contributed by atoms with van der Waals surface area (Å²) in [5.41, 5.74) is 0. The molecule has 0 radical (unpaired) electrons. The molecular formula is C29H54O4. The zero-order valence-corrected chi connectivity index (χ0v) is 21.7. The quantitative estimate of drug-likeness (QED) is 0.0983. The van der Waals surface area contributed by atoms with E-state index in [1.165, 1.54) is 122 Å². The van der Waals surface area contributed by atoms with E-state index >= 15 is 0 Å². The molecule has 0 aromatic carbocycles. The molecular weight excluding hydrogens is 412 g/mol. The van der Waals surface area contributed by atoms with Crippen molar-refractivity contribution in [3.05, 3.63) is 12.2 Å². The molecule has 33 heavy (non-hydrogen) atoms. The van der Waals surface area contributed by atoms with Crippen molar-refractivity contribution >= 4 is 11.9 Å². The van der Waals surface area contributed by atoms with Gasteiger partial charge in [-0.2, -0.15) is 0 Å². The van der Waals surface area contributed by atoms with Gasteiger partial charge in [-0.05, 0) is 19.3 Å². The van der Waals surface area contributed by atoms with Gasteiger partial charge in [0.15, 0.2) is 0 Å². The van der Waals surface area contributed by atoms with Gasteiger partial charge in [-0.15, -0.1) is 0 Å². The monoisotopic (exact) mass is 466 g/mol. The average molecular weight is 467 g/mol. The SMILES string of the molecule is CCCCCCCCCCCCCCCCCCCCCC/C=C/CC(CC(=O)O)C(=O)O. The number of allylic oxidation sites excluding steroid dienone is 2. The smallest absolute Gasteiger partial charge is 0.307 e. The molecule has 0 rings (SSSR count). The second-order valence-corrected chi connectivity index (χ2v) is 9.85. The second kappa shape index (κ2) is 25.3. The van der Waals surface area contributed by atoms with Gasteiger partial charge in [0.1, 0.15) is 0 Å². The first-order valence-corrected chi connectivity index (χ1v) is 14.2. The van der Waals surface area contributed by atoms with Crippen molar-refractivity contribution in [2.75, 3.05) is 0 Å². The molecule has 0 spiro atoms. The van der Waals surface area contributed by atoms with E-state index in [0.29, 0.717) is 6.42 Å². The first-order chi connectivity index (χ1) is 16.1. The van der Waals surface area contributed by atoms with E-state index in [4.69, 9.17) is 10.2 Å². The Bertz CT molecular complexity index is 472. The third kappa shape index (κ3) is 25.1. The van der Waals surface area contributed by atoms with Crippen LogP contribution in [0.2, 0.25) is 0 Å². The normalized spacial score (nSPS) is 12.4. The van der Waals surface area contributed by atoms with Crippen LogP contribution in [-0.4, -0.2) is 22.2 Å². The van der Waals surface area contributed by atoms with Gasteiger partial charge in [-0.1, -0.05) is 141 Å². The minimum Gasteiger partial charge on any atom is -0.481 e. The van der Waals surface area contributed by atoms with Gasteiger partial charge in [-0.3, -0.25) is 9.59 Å². The highest BCUT2D eigenvalue weighted by Crippen LogP contribution is 2.15. The van der Waals surface area contributed by atoms with Crippen LogP contribution in [0.4, 0.5) is 0 Å². The predicted molar refractivity (Wildman–Crippen MR) is 140 cm³/mol. The van der Waals surface area contributed by atoms with Crippen molar-refractivity contribution < 1.29 is 19.8 Å². The van der Waals surface area contributed by atoms with Gasteiger partial charge >= 0.3 is 11.9 Å². The molecule has 0 aliphatic carbocycles. The lowest BCUT2D eigenvalue weighted by atomic mass is 10.0. The van der Waals surface area contributed by atoms with Crippen molar-refractivity contribution in [2.24, 2.45) is 5.92 Å². The summed E-state index contributed by atoms with van der Waals surface area (Å²) in [6.07, 6.45) is 32.4. The van der Waals surface area contributed by atoms with Crippen LogP contribution >= 0.6 is 0 Å². The summed E-state index contributed by atoms with van der Waals surface area (Å²) in [5, 5.41) is 17.7. The standard InChI is InChI=1S/C29H54O4/c1-2-3-4-5-6-7-8-9-10-11-12-13-14-15-16-17-18-19-20-21-22-23-24-25-27(29(32)33)26-28(30)31/h23-24,27H,2-22,25-26H2,1H3,(H,30,31)(H,32,33)/b24-23+. The summed E-state index contributed by atoms with van der Waals surface area (Å²) in [5.74, 6) is -2.89. The highest BCUT2D eigenvalue weighted by Gasteiger charge is 2.19. The van der Waals surface area contributed by atoms with Crippen LogP contribution in [0.5, 0.6) is 0 Å². The summed E-state index contributed by atoms with van der Waals surface area (Å²) in [7, 11) is 0. The minimum atomic E-state index is -1.05. The first-order valence-electron chi connectivity index (χ1n) is 14.2. The fraction of sp³-hybridized carbons (Fsp3) is 0.862. The van der Waals surface area contributed by atoms with Gasteiger partial charge < -0.3 is 10.2 Å². The fourth-order valence-corrected chi connectivity index (χ4v) is 4.38. The topological polar surface area (TPSA) is 74.6 Å². The second-order valence-electron chi connectivity index (χ2n) is 9.85. The van der Waals surface area contributed by atoms with Crippen molar-refractivity contribution in [3.8, 4) is 0 Å². The Morgan fingerprint density at radius 1 is 0.576 bits per heavy atom. The van der Waals surface area contributed by atoms with E-state index in [1.807, 2.05) is 12.2 Å². The zero-order chi connectivity index (χ0) is 24.4. The third-order valence-corrected chi connectivity index (χ3v) is 6.58. The molecule has 0 heterocycles. The van der Waals surface area contributed by atoms with Crippen molar-refractivity contribution in [2.45, 2.75) is 155 Å². The summed E-state index contributed by atoms with van der Waals surface area (Å²) in [6, 6.07) is 0. The number of carbonyl (C=O) groups is 2. The van der Waals surface area contributed by atoms with Gasteiger partial charge in [0.25, 0.3) is 0 Å². The lowest BCUT2D eigenvalue weighted by Gasteiger charge is -2.05. The van der Waals surface area contributed by atoms with Gasteiger partial charge in [-0.25, -0.2) is 0 Å². The number of carboxylic acid groups (broad SMARTS) is 2. The van der Waals surface area contributed by atoms with E-state index in [-0.39, 0.29) is 6.42 Å².